The summed E-state index contributed by atoms with van der Waals surface area (Å²) in [5, 5.41) is 3.71. The van der Waals surface area contributed by atoms with Crippen LogP contribution < -0.4 is 5.32 Å². The summed E-state index contributed by atoms with van der Waals surface area (Å²) in [6, 6.07) is 0.274. The monoisotopic (exact) mass is 394 g/mol. The van der Waals surface area contributed by atoms with Crippen LogP contribution in [0.25, 0.3) is 0 Å². The van der Waals surface area contributed by atoms with Gasteiger partial charge in [-0.05, 0) is 90.0 Å². The van der Waals surface area contributed by atoms with Crippen molar-refractivity contribution < 1.29 is 0 Å². The molecule has 1 saturated heterocycles. The summed E-state index contributed by atoms with van der Waals surface area (Å²) in [6.45, 7) is 23.6. The highest BCUT2D eigenvalue weighted by atomic mass is 15.2. The van der Waals surface area contributed by atoms with Crippen molar-refractivity contribution in [1.82, 2.24) is 10.2 Å². The molecule has 2 unspecified atom stereocenters. The van der Waals surface area contributed by atoms with Crippen LogP contribution in [0.4, 0.5) is 0 Å². The van der Waals surface area contributed by atoms with E-state index in [-0.39, 0.29) is 6.04 Å². The molecule has 1 fully saturated rings. The molecule has 0 aromatic heterocycles. The van der Waals surface area contributed by atoms with Gasteiger partial charge in [0.2, 0.25) is 0 Å². The first-order valence-corrected chi connectivity index (χ1v) is 11.4. The summed E-state index contributed by atoms with van der Waals surface area (Å²) in [6.07, 6.45) is 15.3. The zero-order chi connectivity index (χ0) is 21.4. The molecule has 0 spiro atoms. The summed E-state index contributed by atoms with van der Waals surface area (Å²) in [7, 11) is 0. The number of nitrogens with zero attached hydrogens (tertiary/aromatic N) is 1. The Labute approximate surface area is 179 Å². The van der Waals surface area contributed by atoms with Crippen LogP contribution in [0.2, 0.25) is 0 Å². The van der Waals surface area contributed by atoms with E-state index < -0.39 is 0 Å². The van der Waals surface area contributed by atoms with E-state index in [1.165, 1.54) is 48.8 Å². The van der Waals surface area contributed by atoms with Crippen molar-refractivity contribution in [3.63, 3.8) is 0 Å². The van der Waals surface area contributed by atoms with Gasteiger partial charge in [0, 0.05) is 11.4 Å². The summed E-state index contributed by atoms with van der Waals surface area (Å²) in [5.41, 5.74) is 7.50. The van der Waals surface area contributed by atoms with Crippen molar-refractivity contribution >= 4 is 0 Å². The molecule has 2 aliphatic rings. The van der Waals surface area contributed by atoms with Crippen molar-refractivity contribution in [1.29, 1.82) is 0 Å². The Balaban J connectivity index is 2.32. The largest absolute Gasteiger partial charge is 0.357 e. The van der Waals surface area contributed by atoms with Gasteiger partial charge in [-0.1, -0.05) is 62.0 Å². The predicted octanol–water partition coefficient (Wildman–Crippen LogP) is 7.06. The second kappa shape index (κ2) is 11.4. The lowest BCUT2D eigenvalue weighted by Crippen LogP contribution is -2.43. The molecule has 160 valence electrons. The second-order valence-electron chi connectivity index (χ2n) is 8.83. The predicted molar refractivity (Wildman–Crippen MR) is 129 cm³/mol. The van der Waals surface area contributed by atoms with Crippen LogP contribution >= 0.6 is 0 Å². The van der Waals surface area contributed by atoms with E-state index in [9.17, 15) is 0 Å². The molecular formula is C27H42N2. The van der Waals surface area contributed by atoms with Crippen LogP contribution in [-0.2, 0) is 0 Å². The smallest absolute Gasteiger partial charge is 0.0707 e. The molecule has 0 aromatic rings. The minimum Gasteiger partial charge on any atom is -0.357 e. The number of nitrogens with one attached hydrogen (secondary N) is 1. The summed E-state index contributed by atoms with van der Waals surface area (Å²) in [4.78, 5) is 2.67. The van der Waals surface area contributed by atoms with Gasteiger partial charge in [0.05, 0.1) is 6.04 Å². The minimum atomic E-state index is 0.274. The van der Waals surface area contributed by atoms with Crippen LogP contribution in [0, 0.1) is 5.92 Å². The summed E-state index contributed by atoms with van der Waals surface area (Å²) in [5.74, 6) is 0.633. The molecular weight excluding hydrogens is 352 g/mol. The lowest BCUT2D eigenvalue weighted by Gasteiger charge is -2.37. The van der Waals surface area contributed by atoms with E-state index >= 15 is 0 Å². The third kappa shape index (κ3) is 6.34. The Hall–Kier alpha value is -1.80. The molecule has 1 heterocycles. The minimum absolute atomic E-state index is 0.274. The highest BCUT2D eigenvalue weighted by molar-refractivity contribution is 5.40. The SMILES string of the molecule is C=C/C(C)=C(NC(=C)C(C1=CCC(C(=C)C)CC1)N1CCCCCC1)\C(C)=C/C. The highest BCUT2D eigenvalue weighted by Gasteiger charge is 2.29. The number of allylic oxidation sites excluding steroid dienone is 6. The fraction of sp³-hybridized carbons (Fsp3) is 0.556. The molecule has 2 atom stereocenters. The molecule has 0 amide bonds. The first-order valence-electron chi connectivity index (χ1n) is 11.4. The van der Waals surface area contributed by atoms with Crippen LogP contribution in [0.3, 0.4) is 0 Å². The summed E-state index contributed by atoms with van der Waals surface area (Å²) < 4.78 is 0. The maximum Gasteiger partial charge on any atom is 0.0707 e. The van der Waals surface area contributed by atoms with Crippen LogP contribution in [0.15, 0.2) is 71.7 Å². The lowest BCUT2D eigenvalue weighted by atomic mass is 9.82. The molecule has 2 rings (SSSR count). The van der Waals surface area contributed by atoms with Gasteiger partial charge in [0.15, 0.2) is 0 Å². The van der Waals surface area contributed by atoms with Gasteiger partial charge >= 0.3 is 0 Å². The van der Waals surface area contributed by atoms with Crippen molar-refractivity contribution in [2.75, 3.05) is 13.1 Å². The molecule has 0 saturated carbocycles. The first-order chi connectivity index (χ1) is 13.9. The van der Waals surface area contributed by atoms with E-state index in [4.69, 9.17) is 0 Å². The lowest BCUT2D eigenvalue weighted by molar-refractivity contribution is 0.241. The van der Waals surface area contributed by atoms with Crippen LogP contribution in [-0.4, -0.2) is 24.0 Å². The van der Waals surface area contributed by atoms with Gasteiger partial charge in [-0.2, -0.15) is 0 Å². The van der Waals surface area contributed by atoms with Crippen LogP contribution in [0.1, 0.15) is 72.6 Å². The molecule has 2 heteroatoms. The Morgan fingerprint density at radius 2 is 1.79 bits per heavy atom. The fourth-order valence-corrected chi connectivity index (χ4v) is 4.57. The van der Waals surface area contributed by atoms with Gasteiger partial charge in [0.25, 0.3) is 0 Å². The van der Waals surface area contributed by atoms with E-state index in [0.717, 1.165) is 42.9 Å². The molecule has 29 heavy (non-hydrogen) atoms. The van der Waals surface area contributed by atoms with Crippen molar-refractivity contribution in [3.05, 3.63) is 71.7 Å². The average Bonchev–Trinajstić information content (AvgIpc) is 3.00. The quantitative estimate of drug-likeness (QED) is 0.350. The van der Waals surface area contributed by atoms with Crippen molar-refractivity contribution in [3.8, 4) is 0 Å². The second-order valence-corrected chi connectivity index (χ2v) is 8.83. The van der Waals surface area contributed by atoms with Crippen molar-refractivity contribution in [2.24, 2.45) is 5.92 Å². The number of hydrogen-bond acceptors (Lipinski definition) is 2. The zero-order valence-corrected chi connectivity index (χ0v) is 19.3. The highest BCUT2D eigenvalue weighted by Crippen LogP contribution is 2.34. The van der Waals surface area contributed by atoms with Gasteiger partial charge in [-0.15, -0.1) is 0 Å². The Morgan fingerprint density at radius 3 is 2.28 bits per heavy atom. The fourth-order valence-electron chi connectivity index (χ4n) is 4.57. The maximum atomic E-state index is 4.56. The molecule has 1 aliphatic carbocycles. The molecule has 0 bridgehead atoms. The normalized spacial score (nSPS) is 23.4. The standard InChI is InChI=1S/C27H42N2/c1-8-21(5)26(22(6)9-2)28-23(7)27(29-18-12-10-11-13-19-29)25-16-14-24(15-17-25)20(3)4/h8-9,16,24,27-28H,1,3,7,10-15,17-19H2,2,4-6H3/b22-9-,26-21+. The average molecular weight is 395 g/mol. The van der Waals surface area contributed by atoms with E-state index in [2.05, 4.69) is 69.8 Å². The van der Waals surface area contributed by atoms with E-state index in [0.29, 0.717) is 5.92 Å². The van der Waals surface area contributed by atoms with Crippen molar-refractivity contribution in [2.45, 2.75) is 78.7 Å². The maximum absolute atomic E-state index is 4.56. The van der Waals surface area contributed by atoms with Gasteiger partial charge in [-0.3, -0.25) is 4.90 Å². The molecule has 0 aromatic carbocycles. The number of rotatable bonds is 8. The topological polar surface area (TPSA) is 15.3 Å². The third-order valence-electron chi connectivity index (χ3n) is 6.64. The zero-order valence-electron chi connectivity index (χ0n) is 19.3. The summed E-state index contributed by atoms with van der Waals surface area (Å²) >= 11 is 0. The molecule has 0 radical (unpaired) electrons. The third-order valence-corrected chi connectivity index (χ3v) is 6.64. The molecule has 1 N–H and O–H groups in total. The van der Waals surface area contributed by atoms with Gasteiger partial charge in [-0.25, -0.2) is 0 Å². The van der Waals surface area contributed by atoms with E-state index in [1.54, 1.807) is 0 Å². The Bertz CT molecular complexity index is 696. The molecule has 2 nitrogen and oxygen atoms in total. The molecule has 1 aliphatic heterocycles. The Morgan fingerprint density at radius 1 is 1.14 bits per heavy atom. The van der Waals surface area contributed by atoms with E-state index in [1.807, 2.05) is 6.08 Å². The Kier molecular flexibility index (Phi) is 9.23. The first kappa shape index (κ1) is 23.5. The van der Waals surface area contributed by atoms with Gasteiger partial charge in [0.1, 0.15) is 0 Å². The van der Waals surface area contributed by atoms with Crippen LogP contribution in [0.5, 0.6) is 0 Å². The van der Waals surface area contributed by atoms with Gasteiger partial charge < -0.3 is 5.32 Å². The number of hydrogen-bond donors (Lipinski definition) is 1. The number of likely N-dealkylation sites (tertiary alicyclic amines) is 1.